The molecule has 0 spiro atoms. The fourth-order valence-electron chi connectivity index (χ4n) is 1.93. The molecule has 0 radical (unpaired) electrons. The molecule has 1 atom stereocenters. The number of carbonyl (C=O) groups excluding carboxylic acids is 2. The van der Waals surface area contributed by atoms with Gasteiger partial charge in [-0.1, -0.05) is 0 Å². The first-order valence-electron chi connectivity index (χ1n) is 7.83. The number of benzene rings is 1. The van der Waals surface area contributed by atoms with Gasteiger partial charge in [0, 0.05) is 12.1 Å². The molecule has 0 aliphatic rings. The molecule has 1 rings (SSSR count). The van der Waals surface area contributed by atoms with Crippen LogP contribution in [0.2, 0.25) is 0 Å². The van der Waals surface area contributed by atoms with E-state index in [0.29, 0.717) is 11.5 Å². The molecule has 1 aromatic rings. The normalized spacial score (nSPS) is 11.9. The zero-order valence-electron chi connectivity index (χ0n) is 15.9. The number of nitrogens with two attached hydrogens (primary N) is 1. The van der Waals surface area contributed by atoms with Crippen molar-refractivity contribution in [3.05, 3.63) is 12.1 Å². The minimum atomic E-state index is -1.08. The van der Waals surface area contributed by atoms with Crippen LogP contribution in [0.5, 0.6) is 17.2 Å². The minimum Gasteiger partial charge on any atom is -0.493 e. The Kier molecular flexibility index (Phi) is 7.36. The van der Waals surface area contributed by atoms with Crippen molar-refractivity contribution in [2.24, 2.45) is 0 Å². The molecule has 146 valence electrons. The summed E-state index contributed by atoms with van der Waals surface area (Å²) in [5.41, 5.74) is 5.48. The lowest BCUT2D eigenvalue weighted by molar-refractivity contribution is -0.143. The van der Waals surface area contributed by atoms with Crippen molar-refractivity contribution >= 4 is 17.7 Å². The molecule has 0 aliphatic carbocycles. The summed E-state index contributed by atoms with van der Waals surface area (Å²) in [5.74, 6) is 0.428. The predicted molar refractivity (Wildman–Crippen MR) is 94.6 cm³/mol. The quantitative estimate of drug-likeness (QED) is 0.550. The molecular weight excluding hydrogens is 344 g/mol. The second kappa shape index (κ2) is 9.02. The smallest absolute Gasteiger partial charge is 0.408 e. The number of hydrogen-bond donors (Lipinski definition) is 2. The fraction of sp³-hybridized carbons (Fsp3) is 0.529. The minimum absolute atomic E-state index is 0.217. The van der Waals surface area contributed by atoms with E-state index < -0.39 is 23.7 Å². The Labute approximate surface area is 152 Å². The Morgan fingerprint density at radius 1 is 1.08 bits per heavy atom. The molecule has 0 saturated heterocycles. The molecule has 1 amide bonds. The van der Waals surface area contributed by atoms with Gasteiger partial charge in [-0.05, 0) is 20.8 Å². The number of esters is 1. The average molecular weight is 370 g/mol. The van der Waals surface area contributed by atoms with Crippen LogP contribution >= 0.6 is 0 Å². The Bertz CT molecular complexity index is 641. The Balaban J connectivity index is 2.87. The van der Waals surface area contributed by atoms with Crippen LogP contribution in [0.15, 0.2) is 12.1 Å². The highest BCUT2D eigenvalue weighted by atomic mass is 16.6. The van der Waals surface area contributed by atoms with Crippen molar-refractivity contribution in [2.75, 3.05) is 33.7 Å². The maximum atomic E-state index is 11.9. The van der Waals surface area contributed by atoms with E-state index in [9.17, 15) is 9.59 Å². The van der Waals surface area contributed by atoms with Crippen LogP contribution in [0.1, 0.15) is 20.8 Å². The van der Waals surface area contributed by atoms with Crippen LogP contribution < -0.4 is 25.3 Å². The molecule has 1 aromatic carbocycles. The highest BCUT2D eigenvalue weighted by Crippen LogP contribution is 2.36. The number of amides is 1. The summed E-state index contributed by atoms with van der Waals surface area (Å²) in [7, 11) is 4.16. The topological polar surface area (TPSA) is 118 Å². The van der Waals surface area contributed by atoms with Crippen LogP contribution in [0, 0.1) is 0 Å². The third-order valence-corrected chi connectivity index (χ3v) is 3.10. The van der Waals surface area contributed by atoms with Gasteiger partial charge in [-0.15, -0.1) is 0 Å². The van der Waals surface area contributed by atoms with Crippen molar-refractivity contribution in [3.63, 3.8) is 0 Å². The number of rotatable bonds is 7. The summed E-state index contributed by atoms with van der Waals surface area (Å²) >= 11 is 0. The first-order valence-corrected chi connectivity index (χ1v) is 7.83. The van der Waals surface area contributed by atoms with Crippen molar-refractivity contribution < 1.29 is 33.3 Å². The van der Waals surface area contributed by atoms with Gasteiger partial charge < -0.3 is 34.7 Å². The largest absolute Gasteiger partial charge is 0.493 e. The molecule has 0 bridgehead atoms. The van der Waals surface area contributed by atoms with Gasteiger partial charge in [0.15, 0.2) is 17.5 Å². The lowest BCUT2D eigenvalue weighted by Gasteiger charge is -2.23. The first-order chi connectivity index (χ1) is 12.1. The fourth-order valence-corrected chi connectivity index (χ4v) is 1.93. The highest BCUT2D eigenvalue weighted by Gasteiger charge is 2.26. The van der Waals surface area contributed by atoms with Crippen molar-refractivity contribution in [1.82, 2.24) is 5.32 Å². The number of nitrogen functional groups attached to an aromatic ring is 1. The molecule has 3 N–H and O–H groups in total. The lowest BCUT2D eigenvalue weighted by Crippen LogP contribution is -2.47. The molecule has 0 heterocycles. The summed E-state index contributed by atoms with van der Waals surface area (Å²) in [6.07, 6.45) is -0.767. The van der Waals surface area contributed by atoms with Gasteiger partial charge >= 0.3 is 12.1 Å². The van der Waals surface area contributed by atoms with Gasteiger partial charge in [0.05, 0.1) is 27.0 Å². The molecule has 0 aromatic heterocycles. The van der Waals surface area contributed by atoms with Crippen LogP contribution in [0.4, 0.5) is 10.5 Å². The third kappa shape index (κ3) is 6.23. The second-order valence-electron chi connectivity index (χ2n) is 6.28. The van der Waals surface area contributed by atoms with Crippen LogP contribution in [0.3, 0.4) is 0 Å². The predicted octanol–water partition coefficient (Wildman–Crippen LogP) is 1.73. The van der Waals surface area contributed by atoms with E-state index in [1.165, 1.54) is 33.5 Å². The van der Waals surface area contributed by atoms with Gasteiger partial charge in [-0.2, -0.15) is 0 Å². The summed E-state index contributed by atoms with van der Waals surface area (Å²) in [4.78, 5) is 23.8. The molecule has 9 heteroatoms. The maximum absolute atomic E-state index is 11.9. The summed E-state index contributed by atoms with van der Waals surface area (Å²) in [6.45, 7) is 4.91. The van der Waals surface area contributed by atoms with Gasteiger partial charge in [-0.3, -0.25) is 0 Å². The van der Waals surface area contributed by atoms with E-state index in [2.05, 4.69) is 10.1 Å². The average Bonchev–Trinajstić information content (AvgIpc) is 2.56. The Morgan fingerprint density at radius 2 is 1.65 bits per heavy atom. The van der Waals surface area contributed by atoms with Gasteiger partial charge in [0.1, 0.15) is 18.0 Å². The summed E-state index contributed by atoms with van der Waals surface area (Å²) in [5, 5.41) is 2.41. The number of nitrogens with one attached hydrogen (secondary N) is 1. The van der Waals surface area contributed by atoms with Crippen molar-refractivity contribution in [2.45, 2.75) is 32.4 Å². The van der Waals surface area contributed by atoms with E-state index in [1.54, 1.807) is 20.8 Å². The first kappa shape index (κ1) is 21.2. The number of carbonyl (C=O) groups is 2. The van der Waals surface area contributed by atoms with Crippen molar-refractivity contribution in [3.8, 4) is 17.2 Å². The standard InChI is InChI=1S/C17H26N2O7/c1-17(2,3)26-16(21)19-11(15(20)24-6)9-25-12-8-14(23-5)13(22-4)7-10(12)18/h7-8,11H,9,18H2,1-6H3,(H,19,21). The second-order valence-corrected chi connectivity index (χ2v) is 6.28. The van der Waals surface area contributed by atoms with Crippen LogP contribution in [-0.4, -0.2) is 51.6 Å². The maximum Gasteiger partial charge on any atom is 0.408 e. The van der Waals surface area contributed by atoms with Crippen molar-refractivity contribution in [1.29, 1.82) is 0 Å². The van der Waals surface area contributed by atoms with E-state index in [1.807, 2.05) is 0 Å². The van der Waals surface area contributed by atoms with Gasteiger partial charge in [0.25, 0.3) is 0 Å². The monoisotopic (exact) mass is 370 g/mol. The molecular formula is C17H26N2O7. The number of anilines is 1. The number of methoxy groups -OCH3 is 3. The number of alkyl carbamates (subject to hydrolysis) is 1. The Morgan fingerprint density at radius 3 is 2.15 bits per heavy atom. The Hall–Kier alpha value is -2.84. The summed E-state index contributed by atoms with van der Waals surface area (Å²) < 4.78 is 25.7. The van der Waals surface area contributed by atoms with E-state index in [4.69, 9.17) is 24.7 Å². The lowest BCUT2D eigenvalue weighted by atomic mass is 10.2. The van der Waals surface area contributed by atoms with E-state index in [0.717, 1.165) is 0 Å². The molecule has 1 unspecified atom stereocenters. The zero-order chi connectivity index (χ0) is 19.9. The van der Waals surface area contributed by atoms with Gasteiger partial charge in [-0.25, -0.2) is 9.59 Å². The van der Waals surface area contributed by atoms with Crippen LogP contribution in [0.25, 0.3) is 0 Å². The van der Waals surface area contributed by atoms with E-state index >= 15 is 0 Å². The van der Waals surface area contributed by atoms with Crippen LogP contribution in [-0.2, 0) is 14.3 Å². The molecule has 0 saturated carbocycles. The number of hydrogen-bond acceptors (Lipinski definition) is 8. The highest BCUT2D eigenvalue weighted by molar-refractivity contribution is 5.81. The molecule has 9 nitrogen and oxygen atoms in total. The zero-order valence-corrected chi connectivity index (χ0v) is 15.9. The third-order valence-electron chi connectivity index (χ3n) is 3.10. The molecule has 26 heavy (non-hydrogen) atoms. The number of ether oxygens (including phenoxy) is 5. The van der Waals surface area contributed by atoms with E-state index in [-0.39, 0.29) is 18.0 Å². The molecule has 0 fully saturated rings. The SMILES string of the molecule is COC(=O)C(COc1cc(OC)c(OC)cc1N)NC(=O)OC(C)(C)C. The van der Waals surface area contributed by atoms with Gasteiger partial charge in [0.2, 0.25) is 0 Å². The molecule has 0 aliphatic heterocycles. The summed E-state index contributed by atoms with van der Waals surface area (Å²) in [6, 6.07) is 1.97.